The second-order valence-electron chi connectivity index (χ2n) is 3.00. The lowest BCUT2D eigenvalue weighted by molar-refractivity contribution is 0.349. The van der Waals surface area contributed by atoms with Crippen LogP contribution in [0.1, 0.15) is 5.76 Å². The van der Waals surface area contributed by atoms with E-state index in [1.165, 1.54) is 6.08 Å². The van der Waals surface area contributed by atoms with Gasteiger partial charge in [0.25, 0.3) is 0 Å². The monoisotopic (exact) mass is 259 g/mol. The van der Waals surface area contributed by atoms with Crippen molar-refractivity contribution in [1.82, 2.24) is 10.1 Å². The van der Waals surface area contributed by atoms with Crippen molar-refractivity contribution in [1.29, 1.82) is 0 Å². The van der Waals surface area contributed by atoms with E-state index in [4.69, 9.17) is 4.52 Å². The maximum absolute atomic E-state index is 10.00. The average molecular weight is 260 g/mol. The minimum atomic E-state index is 0.244. The van der Waals surface area contributed by atoms with Crippen LogP contribution in [0.25, 0.3) is 0 Å². The molecule has 6 heteroatoms. The number of carbonyl (C=O) groups excluding carboxylic acids is 1. The van der Waals surface area contributed by atoms with Gasteiger partial charge in [-0.1, -0.05) is 5.16 Å². The fourth-order valence-corrected chi connectivity index (χ4v) is 1.33. The van der Waals surface area contributed by atoms with E-state index in [-0.39, 0.29) is 5.82 Å². The Balaban J connectivity index is 2.74. The third-order valence-electron chi connectivity index (χ3n) is 1.62. The van der Waals surface area contributed by atoms with Gasteiger partial charge in [-0.15, -0.1) is 4.99 Å². The first-order chi connectivity index (χ1) is 6.65. The maximum atomic E-state index is 10.00. The first-order valence-corrected chi connectivity index (χ1v) is 4.81. The Bertz CT molecular complexity index is 355. The molecule has 1 aromatic rings. The fourth-order valence-electron chi connectivity index (χ4n) is 0.896. The van der Waals surface area contributed by atoms with Crippen molar-refractivity contribution in [2.45, 2.75) is 6.42 Å². The third-order valence-corrected chi connectivity index (χ3v) is 2.42. The van der Waals surface area contributed by atoms with Gasteiger partial charge in [-0.3, -0.25) is 0 Å². The summed E-state index contributed by atoms with van der Waals surface area (Å²) in [5.74, 6) is 0.932. The molecule has 0 N–H and O–H groups in total. The van der Waals surface area contributed by atoms with Gasteiger partial charge >= 0.3 is 0 Å². The molecule has 0 aliphatic heterocycles. The summed E-state index contributed by atoms with van der Waals surface area (Å²) in [5.41, 5.74) is 0. The summed E-state index contributed by atoms with van der Waals surface area (Å²) in [7, 11) is 3.93. The van der Waals surface area contributed by atoms with Crippen LogP contribution in [0.5, 0.6) is 0 Å². The van der Waals surface area contributed by atoms with E-state index < -0.39 is 0 Å². The van der Waals surface area contributed by atoms with Crippen molar-refractivity contribution in [3.05, 3.63) is 10.2 Å². The molecule has 0 aliphatic carbocycles. The van der Waals surface area contributed by atoms with Crippen LogP contribution in [-0.2, 0) is 11.2 Å². The first kappa shape index (κ1) is 11.1. The molecule has 0 atom stereocenters. The molecule has 0 aliphatic rings. The van der Waals surface area contributed by atoms with Crippen LogP contribution in [0.3, 0.4) is 0 Å². The largest absolute Gasteiger partial charge is 0.358 e. The SMILES string of the molecule is CN(C)CCc1onc(N=C=O)c1Br. The predicted octanol–water partition coefficient (Wildman–Crippen LogP) is 1.51. The van der Waals surface area contributed by atoms with Gasteiger partial charge in [0.15, 0.2) is 5.76 Å². The third kappa shape index (κ3) is 2.77. The summed E-state index contributed by atoms with van der Waals surface area (Å²) in [5, 5.41) is 3.61. The number of nitrogens with zero attached hydrogens (tertiary/aromatic N) is 3. The van der Waals surface area contributed by atoms with E-state index in [9.17, 15) is 4.79 Å². The molecule has 1 heterocycles. The normalized spacial score (nSPS) is 10.3. The van der Waals surface area contributed by atoms with Gasteiger partial charge < -0.3 is 9.42 Å². The van der Waals surface area contributed by atoms with E-state index in [0.29, 0.717) is 10.2 Å². The quantitative estimate of drug-likeness (QED) is 0.608. The highest BCUT2D eigenvalue weighted by molar-refractivity contribution is 9.10. The van der Waals surface area contributed by atoms with Crippen molar-refractivity contribution >= 4 is 27.8 Å². The molecule has 0 aromatic carbocycles. The Hall–Kier alpha value is -0.970. The van der Waals surface area contributed by atoms with Crippen LogP contribution in [0.15, 0.2) is 14.0 Å². The topological polar surface area (TPSA) is 58.7 Å². The molecule has 5 nitrogen and oxygen atoms in total. The van der Waals surface area contributed by atoms with Gasteiger partial charge in [-0.2, -0.15) is 0 Å². The smallest absolute Gasteiger partial charge is 0.242 e. The van der Waals surface area contributed by atoms with E-state index in [1.54, 1.807) is 0 Å². The highest BCUT2D eigenvalue weighted by Crippen LogP contribution is 2.27. The summed E-state index contributed by atoms with van der Waals surface area (Å²) in [6.45, 7) is 0.845. The number of likely N-dealkylation sites (N-methyl/N-ethyl adjacent to an activating group) is 1. The zero-order valence-electron chi connectivity index (χ0n) is 7.95. The molecule has 0 amide bonds. The maximum Gasteiger partial charge on any atom is 0.242 e. The zero-order valence-corrected chi connectivity index (χ0v) is 9.54. The molecule has 76 valence electrons. The first-order valence-electron chi connectivity index (χ1n) is 4.01. The van der Waals surface area contributed by atoms with E-state index in [0.717, 1.165) is 13.0 Å². The second kappa shape index (κ2) is 5.05. The number of rotatable bonds is 4. The van der Waals surface area contributed by atoms with Crippen molar-refractivity contribution in [3.8, 4) is 0 Å². The Morgan fingerprint density at radius 3 is 2.93 bits per heavy atom. The summed E-state index contributed by atoms with van der Waals surface area (Å²) in [4.78, 5) is 15.4. The molecule has 1 rings (SSSR count). The number of hydrogen-bond acceptors (Lipinski definition) is 5. The molecule has 0 bridgehead atoms. The predicted molar refractivity (Wildman–Crippen MR) is 54.2 cm³/mol. The van der Waals surface area contributed by atoms with Crippen LogP contribution in [0.2, 0.25) is 0 Å². The zero-order chi connectivity index (χ0) is 10.6. The lowest BCUT2D eigenvalue weighted by Crippen LogP contribution is -2.14. The lowest BCUT2D eigenvalue weighted by atomic mass is 10.3. The number of hydrogen-bond donors (Lipinski definition) is 0. The van der Waals surface area contributed by atoms with Crippen molar-refractivity contribution < 1.29 is 9.32 Å². The molecule has 0 saturated heterocycles. The van der Waals surface area contributed by atoms with Crippen LogP contribution in [0.4, 0.5) is 5.82 Å². The number of isocyanates is 1. The minimum absolute atomic E-state index is 0.244. The van der Waals surface area contributed by atoms with Gasteiger partial charge in [0, 0.05) is 13.0 Å². The van der Waals surface area contributed by atoms with Gasteiger partial charge in [-0.25, -0.2) is 4.79 Å². The molecular weight excluding hydrogens is 250 g/mol. The summed E-state index contributed by atoms with van der Waals surface area (Å²) in [6, 6.07) is 0. The molecule has 1 aromatic heterocycles. The van der Waals surface area contributed by atoms with Crippen LogP contribution in [0, 0.1) is 0 Å². The molecule has 0 fully saturated rings. The lowest BCUT2D eigenvalue weighted by Gasteiger charge is -2.06. The van der Waals surface area contributed by atoms with Gasteiger partial charge in [-0.05, 0) is 30.0 Å². The highest BCUT2D eigenvalue weighted by Gasteiger charge is 2.12. The Morgan fingerprint density at radius 2 is 2.36 bits per heavy atom. The van der Waals surface area contributed by atoms with Crippen LogP contribution in [-0.4, -0.2) is 36.8 Å². The Labute approximate surface area is 89.9 Å². The van der Waals surface area contributed by atoms with E-state index in [1.807, 2.05) is 19.0 Å². The standard InChI is InChI=1S/C8H10BrN3O2/c1-12(2)4-3-6-7(9)8(10-5-13)11-14-6/h3-4H2,1-2H3. The molecular formula is C8H10BrN3O2. The second-order valence-corrected chi connectivity index (χ2v) is 3.79. The van der Waals surface area contributed by atoms with Crippen molar-refractivity contribution in [2.75, 3.05) is 20.6 Å². The minimum Gasteiger partial charge on any atom is -0.358 e. The molecule has 0 saturated carbocycles. The van der Waals surface area contributed by atoms with Gasteiger partial charge in [0.05, 0.1) is 0 Å². The summed E-state index contributed by atoms with van der Waals surface area (Å²) < 4.78 is 5.63. The molecule has 0 unspecified atom stereocenters. The molecule has 0 spiro atoms. The van der Waals surface area contributed by atoms with Gasteiger partial charge in [0.1, 0.15) is 4.47 Å². The highest BCUT2D eigenvalue weighted by atomic mass is 79.9. The van der Waals surface area contributed by atoms with Crippen LogP contribution >= 0.6 is 15.9 Å². The van der Waals surface area contributed by atoms with Crippen molar-refractivity contribution in [3.63, 3.8) is 0 Å². The van der Waals surface area contributed by atoms with Crippen molar-refractivity contribution in [2.24, 2.45) is 4.99 Å². The fraction of sp³-hybridized carbons (Fsp3) is 0.500. The number of halogens is 1. The number of aromatic nitrogens is 1. The summed E-state index contributed by atoms with van der Waals surface area (Å²) >= 11 is 3.25. The van der Waals surface area contributed by atoms with Gasteiger partial charge in [0.2, 0.25) is 11.9 Å². The number of aliphatic imine (C=N–C) groups is 1. The summed E-state index contributed by atoms with van der Waals surface area (Å²) in [6.07, 6.45) is 2.13. The van der Waals surface area contributed by atoms with E-state index >= 15 is 0 Å². The van der Waals surface area contributed by atoms with E-state index in [2.05, 4.69) is 26.1 Å². The molecule has 0 radical (unpaired) electrons. The van der Waals surface area contributed by atoms with Crippen LogP contribution < -0.4 is 0 Å². The Morgan fingerprint density at radius 1 is 1.64 bits per heavy atom. The average Bonchev–Trinajstić information content (AvgIpc) is 2.46. The molecule has 14 heavy (non-hydrogen) atoms. The Kier molecular flexibility index (Phi) is 4.00.